The number of carboxylic acids is 1. The number of likely N-dealkylation sites (tertiary alicyclic amines) is 1. The Morgan fingerprint density at radius 3 is 2.73 bits per heavy atom. The largest absolute Gasteiger partial charge is 0.480 e. The minimum Gasteiger partial charge on any atom is -0.480 e. The van der Waals surface area contributed by atoms with Gasteiger partial charge in [0.15, 0.2) is 0 Å². The molecule has 0 saturated carbocycles. The molecule has 2 aromatic rings. The first-order valence-corrected chi connectivity index (χ1v) is 12.8. The van der Waals surface area contributed by atoms with E-state index in [1.807, 2.05) is 6.07 Å². The van der Waals surface area contributed by atoms with Crippen LogP contribution in [0.15, 0.2) is 57.9 Å². The number of anilines is 1. The van der Waals surface area contributed by atoms with Crippen LogP contribution < -0.4 is 10.0 Å². The van der Waals surface area contributed by atoms with Gasteiger partial charge in [0.25, 0.3) is 0 Å². The summed E-state index contributed by atoms with van der Waals surface area (Å²) in [7, 11) is -3.78. The first-order chi connectivity index (χ1) is 15.5. The van der Waals surface area contributed by atoms with Crippen LogP contribution in [0.1, 0.15) is 12.0 Å². The van der Waals surface area contributed by atoms with Gasteiger partial charge in [-0.05, 0) is 48.4 Å². The van der Waals surface area contributed by atoms with Gasteiger partial charge in [0.1, 0.15) is 5.82 Å². The lowest BCUT2D eigenvalue weighted by Gasteiger charge is -2.46. The molecule has 2 heterocycles. The van der Waals surface area contributed by atoms with Crippen molar-refractivity contribution in [1.82, 2.24) is 9.62 Å². The lowest BCUT2D eigenvalue weighted by Crippen LogP contribution is -2.56. The number of hydrogen-bond donors (Lipinski definition) is 3. The maximum atomic E-state index is 14.8. The van der Waals surface area contributed by atoms with E-state index in [1.54, 1.807) is 4.90 Å². The van der Waals surface area contributed by atoms with Crippen LogP contribution >= 0.6 is 27.5 Å². The third-order valence-corrected chi connectivity index (χ3v) is 8.42. The summed E-state index contributed by atoms with van der Waals surface area (Å²) < 4.78 is 43.5. The Hall–Kier alpha value is -1.98. The average Bonchev–Trinajstić information content (AvgIpc) is 3.03. The van der Waals surface area contributed by atoms with E-state index >= 15 is 0 Å². The number of benzene rings is 2. The molecule has 33 heavy (non-hydrogen) atoms. The lowest BCUT2D eigenvalue weighted by atomic mass is 9.66. The highest BCUT2D eigenvalue weighted by atomic mass is 79.9. The fourth-order valence-electron chi connectivity index (χ4n) is 4.81. The molecule has 1 saturated heterocycles. The third kappa shape index (κ3) is 4.54. The molecule has 0 radical (unpaired) electrons. The molecule has 2 atom stereocenters. The molecule has 0 aromatic heterocycles. The highest BCUT2D eigenvalue weighted by Crippen LogP contribution is 2.51. The highest BCUT2D eigenvalue weighted by molar-refractivity contribution is 9.10. The average molecular weight is 559 g/mol. The fraction of sp³-hybridized carbons (Fsp3) is 0.318. The Kier molecular flexibility index (Phi) is 6.58. The standard InChI is InChI=1S/C22H22BrClFN3O4S/c1-13-10-28(12-20(29)30)11-19-22(13,17-8-14(23)9-18(25)21(17)27-19)6-7-26-33(31,32)16-4-2-15(24)3-5-16/h2-5,8-9,19,26-27H,1,6-7,10-12H2,(H,29,30)/t19-,22-/m0/s1. The van der Waals surface area contributed by atoms with Crippen molar-refractivity contribution in [1.29, 1.82) is 0 Å². The Labute approximate surface area is 204 Å². The second-order valence-corrected chi connectivity index (χ2v) is 11.4. The van der Waals surface area contributed by atoms with Crippen LogP contribution in [-0.4, -0.2) is 56.6 Å². The second-order valence-electron chi connectivity index (χ2n) is 8.25. The van der Waals surface area contributed by atoms with Crippen molar-refractivity contribution in [3.8, 4) is 0 Å². The molecular weight excluding hydrogens is 537 g/mol. The summed E-state index contributed by atoms with van der Waals surface area (Å²) in [5, 5.41) is 12.9. The number of sulfonamides is 1. The summed E-state index contributed by atoms with van der Waals surface area (Å²) in [6, 6.07) is 8.67. The maximum Gasteiger partial charge on any atom is 0.317 e. The molecule has 0 bridgehead atoms. The van der Waals surface area contributed by atoms with Gasteiger partial charge in [-0.25, -0.2) is 17.5 Å². The summed E-state index contributed by atoms with van der Waals surface area (Å²) >= 11 is 9.20. The van der Waals surface area contributed by atoms with Crippen molar-refractivity contribution >= 4 is 49.2 Å². The van der Waals surface area contributed by atoms with Gasteiger partial charge in [0.05, 0.1) is 23.2 Å². The molecule has 1 fully saturated rings. The molecule has 0 aliphatic carbocycles. The van der Waals surface area contributed by atoms with Crippen LogP contribution in [0, 0.1) is 5.82 Å². The zero-order chi connectivity index (χ0) is 24.0. The monoisotopic (exact) mass is 557 g/mol. The fourth-order valence-corrected chi connectivity index (χ4v) is 6.39. The van der Waals surface area contributed by atoms with Gasteiger partial charge < -0.3 is 10.4 Å². The number of carbonyl (C=O) groups is 1. The van der Waals surface area contributed by atoms with E-state index in [-0.39, 0.29) is 24.0 Å². The molecule has 4 rings (SSSR count). The molecule has 2 aromatic carbocycles. The number of hydrogen-bond acceptors (Lipinski definition) is 5. The molecular formula is C22H22BrClFN3O4S. The molecule has 2 aliphatic heterocycles. The molecule has 0 amide bonds. The smallest absolute Gasteiger partial charge is 0.317 e. The van der Waals surface area contributed by atoms with Gasteiger partial charge in [-0.15, -0.1) is 0 Å². The van der Waals surface area contributed by atoms with E-state index in [0.717, 1.165) is 0 Å². The Morgan fingerprint density at radius 2 is 2.06 bits per heavy atom. The van der Waals surface area contributed by atoms with E-state index < -0.39 is 27.2 Å². The summed E-state index contributed by atoms with van der Waals surface area (Å²) in [5.74, 6) is -1.40. The highest BCUT2D eigenvalue weighted by Gasteiger charge is 2.52. The van der Waals surface area contributed by atoms with Gasteiger partial charge >= 0.3 is 5.97 Å². The number of carboxylic acid groups (broad SMARTS) is 1. The number of rotatable bonds is 7. The Balaban J connectivity index is 1.64. The number of halogens is 3. The van der Waals surface area contributed by atoms with Gasteiger partial charge in [-0.2, -0.15) is 0 Å². The quantitative estimate of drug-likeness (QED) is 0.449. The van der Waals surface area contributed by atoms with Crippen LogP contribution in [0.2, 0.25) is 5.02 Å². The van der Waals surface area contributed by atoms with Crippen LogP contribution in [-0.2, 0) is 20.2 Å². The van der Waals surface area contributed by atoms with Crippen LogP contribution in [0.3, 0.4) is 0 Å². The number of nitrogens with zero attached hydrogens (tertiary/aromatic N) is 1. The van der Waals surface area contributed by atoms with Gasteiger partial charge in [-0.1, -0.05) is 39.7 Å². The predicted molar refractivity (Wildman–Crippen MR) is 128 cm³/mol. The number of aliphatic carboxylic acids is 1. The first kappa shape index (κ1) is 24.2. The predicted octanol–water partition coefficient (Wildman–Crippen LogP) is 3.60. The van der Waals surface area contributed by atoms with E-state index in [1.165, 1.54) is 30.3 Å². The van der Waals surface area contributed by atoms with Crippen LogP contribution in [0.5, 0.6) is 0 Å². The topological polar surface area (TPSA) is 98.7 Å². The number of nitrogens with one attached hydrogen (secondary N) is 2. The summed E-state index contributed by atoms with van der Waals surface area (Å²) in [6.07, 6.45) is 0.320. The molecule has 7 nitrogen and oxygen atoms in total. The van der Waals surface area contributed by atoms with E-state index in [4.69, 9.17) is 11.6 Å². The minimum atomic E-state index is -3.78. The SMILES string of the molecule is C=C1CN(CC(=O)O)C[C@@H]2Nc3c(F)cc(Br)cc3[C@]12CCNS(=O)(=O)c1ccc(Cl)cc1. The zero-order valence-corrected chi connectivity index (χ0v) is 20.6. The first-order valence-electron chi connectivity index (χ1n) is 10.2. The van der Waals surface area contributed by atoms with E-state index in [2.05, 4.69) is 32.5 Å². The van der Waals surface area contributed by atoms with Crippen LogP contribution in [0.4, 0.5) is 10.1 Å². The van der Waals surface area contributed by atoms with E-state index in [0.29, 0.717) is 45.8 Å². The van der Waals surface area contributed by atoms with Gasteiger partial charge in [-0.3, -0.25) is 9.69 Å². The van der Waals surface area contributed by atoms with Crippen molar-refractivity contribution in [3.05, 3.63) is 69.4 Å². The zero-order valence-electron chi connectivity index (χ0n) is 17.4. The summed E-state index contributed by atoms with van der Waals surface area (Å²) in [4.78, 5) is 13.1. The van der Waals surface area contributed by atoms with Crippen molar-refractivity contribution < 1.29 is 22.7 Å². The molecule has 0 spiro atoms. The second kappa shape index (κ2) is 8.99. The van der Waals surface area contributed by atoms with Crippen molar-refractivity contribution in [3.63, 3.8) is 0 Å². The van der Waals surface area contributed by atoms with Crippen LogP contribution in [0.25, 0.3) is 0 Å². The minimum absolute atomic E-state index is 0.0780. The lowest BCUT2D eigenvalue weighted by molar-refractivity contribution is -0.138. The summed E-state index contributed by atoms with van der Waals surface area (Å²) in [6.45, 7) is 4.79. The Bertz CT molecular complexity index is 1220. The molecule has 176 valence electrons. The van der Waals surface area contributed by atoms with Crippen molar-refractivity contribution in [2.24, 2.45) is 0 Å². The Morgan fingerprint density at radius 1 is 1.36 bits per heavy atom. The number of fused-ring (bicyclic) bond motifs is 3. The van der Waals surface area contributed by atoms with Gasteiger partial charge in [0, 0.05) is 34.5 Å². The molecule has 2 aliphatic rings. The number of piperidine rings is 1. The third-order valence-electron chi connectivity index (χ3n) is 6.23. The molecule has 3 N–H and O–H groups in total. The summed E-state index contributed by atoms with van der Waals surface area (Å²) in [5.41, 5.74) is 0.957. The maximum absolute atomic E-state index is 14.8. The normalized spacial score (nSPS) is 22.5. The van der Waals surface area contributed by atoms with Gasteiger partial charge in [0.2, 0.25) is 10.0 Å². The molecule has 0 unspecified atom stereocenters. The molecule has 11 heteroatoms. The van der Waals surface area contributed by atoms with E-state index in [9.17, 15) is 22.7 Å². The van der Waals surface area contributed by atoms with Crippen molar-refractivity contribution in [2.75, 3.05) is 31.5 Å². The van der Waals surface area contributed by atoms with Crippen molar-refractivity contribution in [2.45, 2.75) is 22.8 Å².